The number of amides is 2. The molecule has 4 heterocycles. The number of anilines is 2. The van der Waals surface area contributed by atoms with E-state index in [-0.39, 0.29) is 12.8 Å². The van der Waals surface area contributed by atoms with Gasteiger partial charge in [-0.05, 0) is 42.5 Å². The van der Waals surface area contributed by atoms with Crippen LogP contribution in [-0.2, 0) is 21.1 Å². The van der Waals surface area contributed by atoms with Crippen LogP contribution in [0.3, 0.4) is 0 Å². The number of likely N-dealkylation sites (tertiary alicyclic amines) is 1. The maximum Gasteiger partial charge on any atom is 0.314 e. The molecule has 0 unspecified atom stereocenters. The zero-order chi connectivity index (χ0) is 28.4. The molecule has 3 aromatic heterocycles. The van der Waals surface area contributed by atoms with Crippen LogP contribution in [0.5, 0.6) is 0 Å². The molecule has 1 aliphatic rings. The summed E-state index contributed by atoms with van der Waals surface area (Å²) in [5, 5.41) is 11.2. The Bertz CT molecular complexity index is 1530. The number of pyridine rings is 1. The lowest BCUT2D eigenvalue weighted by Gasteiger charge is -2.38. The van der Waals surface area contributed by atoms with E-state index in [4.69, 9.17) is 4.74 Å². The predicted octanol–water partition coefficient (Wildman–Crippen LogP) is 5.33. The number of hydrogen-bond acceptors (Lipinski definition) is 8. The Morgan fingerprint density at radius 3 is 2.77 bits per heavy atom. The lowest BCUT2D eigenvalue weighted by molar-refractivity contribution is -0.146. The van der Waals surface area contributed by atoms with E-state index < -0.39 is 19.9 Å². The normalized spacial score (nSPS) is 17.9. The Hall–Kier alpha value is -3.35. The molecule has 10 nitrogen and oxygen atoms in total. The van der Waals surface area contributed by atoms with Crippen LogP contribution in [0.15, 0.2) is 36.1 Å². The van der Waals surface area contributed by atoms with Crippen molar-refractivity contribution in [3.05, 3.63) is 41.7 Å². The molecule has 1 aliphatic heterocycles. The van der Waals surface area contributed by atoms with Gasteiger partial charge in [0.1, 0.15) is 12.5 Å². The second-order valence-electron chi connectivity index (χ2n) is 11.7. The van der Waals surface area contributed by atoms with Gasteiger partial charge >= 0.3 is 11.8 Å². The van der Waals surface area contributed by atoms with Crippen LogP contribution >= 0.6 is 11.3 Å². The molecule has 2 N–H and O–H groups in total. The molecule has 0 spiro atoms. The molecule has 1 aromatic carbocycles. The molecule has 0 radical (unpaired) electrons. The Morgan fingerprint density at radius 2 is 2.00 bits per heavy atom. The fourth-order valence-electron chi connectivity index (χ4n) is 5.13. The van der Waals surface area contributed by atoms with E-state index >= 15 is 0 Å². The van der Waals surface area contributed by atoms with Crippen molar-refractivity contribution in [1.29, 1.82) is 0 Å². The summed E-state index contributed by atoms with van der Waals surface area (Å²) in [5.41, 5.74) is 4.82. The van der Waals surface area contributed by atoms with Crippen molar-refractivity contribution in [3.8, 4) is 0 Å². The third kappa shape index (κ3) is 6.03. The van der Waals surface area contributed by atoms with Gasteiger partial charge in [-0.1, -0.05) is 32.6 Å². The van der Waals surface area contributed by atoms with Crippen molar-refractivity contribution in [2.24, 2.45) is 5.92 Å². The average Bonchev–Trinajstić information content (AvgIpc) is 3.57. The summed E-state index contributed by atoms with van der Waals surface area (Å²) in [5.74, 6) is -0.316. The topological polar surface area (TPSA) is 114 Å². The highest BCUT2D eigenvalue weighted by Crippen LogP contribution is 2.35. The van der Waals surface area contributed by atoms with Crippen LogP contribution in [0.1, 0.15) is 31.4 Å². The number of carbonyl (C=O) groups is 2. The molecule has 212 valence electrons. The molecular formula is C28H37N7O3SSi. The zero-order valence-electron chi connectivity index (χ0n) is 23.7. The molecule has 0 bridgehead atoms. The van der Waals surface area contributed by atoms with E-state index in [2.05, 4.69) is 52.3 Å². The second-order valence-corrected chi connectivity index (χ2v) is 18.2. The van der Waals surface area contributed by atoms with Crippen LogP contribution in [0.2, 0.25) is 25.7 Å². The van der Waals surface area contributed by atoms with Crippen LogP contribution in [-0.4, -0.2) is 64.7 Å². The monoisotopic (exact) mass is 579 g/mol. The molecule has 4 aromatic rings. The number of benzene rings is 1. The number of thiazole rings is 1. The van der Waals surface area contributed by atoms with Gasteiger partial charge in [-0.2, -0.15) is 5.10 Å². The molecular weight excluding hydrogens is 543 g/mol. The van der Waals surface area contributed by atoms with E-state index in [0.29, 0.717) is 36.1 Å². The summed E-state index contributed by atoms with van der Waals surface area (Å²) in [6.45, 7) is 10.4. The van der Waals surface area contributed by atoms with Crippen molar-refractivity contribution in [1.82, 2.24) is 24.6 Å². The van der Waals surface area contributed by atoms with E-state index in [0.717, 1.165) is 40.1 Å². The first-order valence-electron chi connectivity index (χ1n) is 13.7. The van der Waals surface area contributed by atoms with Crippen molar-refractivity contribution in [2.45, 2.75) is 58.2 Å². The number of ether oxygens (including phenoxy) is 1. The quantitative estimate of drug-likeness (QED) is 0.165. The van der Waals surface area contributed by atoms with Gasteiger partial charge in [0.15, 0.2) is 0 Å². The number of rotatable bonds is 8. The average molecular weight is 580 g/mol. The number of piperidine rings is 1. The van der Waals surface area contributed by atoms with Crippen LogP contribution in [0.4, 0.5) is 11.5 Å². The highest BCUT2D eigenvalue weighted by molar-refractivity contribution is 7.16. The van der Waals surface area contributed by atoms with Gasteiger partial charge in [0, 0.05) is 28.3 Å². The Kier molecular flexibility index (Phi) is 8.20. The smallest absolute Gasteiger partial charge is 0.314 e. The third-order valence-electron chi connectivity index (χ3n) is 7.38. The standard InChI is InChI=1S/C28H37N7O3SSi/c1-18-6-8-23(19-7-9-24-21(12-19)31-16-39-24)34(15-18)28(37)27(36)33-22-14-30-26(29-2)20-13-32-35(25(20)22)17-38-10-11-40(3,4)5/h7,9,12-14,16,18,23H,6,8,10-11,15,17H2,1-5H3,(H,29,30)(H,33,36)/t18-,23+/m0/s1. The highest BCUT2D eigenvalue weighted by atomic mass is 32.1. The summed E-state index contributed by atoms with van der Waals surface area (Å²) in [6.07, 6.45) is 5.04. The molecule has 12 heteroatoms. The SMILES string of the molecule is CNc1ncc(NC(=O)C(=O)N2C[C@@H](C)CC[C@@H]2c2ccc3scnc3c2)c2c1cnn2COCC[Si](C)(C)C. The number of nitrogens with zero attached hydrogens (tertiary/aromatic N) is 5. The molecule has 1 fully saturated rings. The van der Waals surface area contributed by atoms with E-state index in [1.54, 1.807) is 40.4 Å². The van der Waals surface area contributed by atoms with Crippen molar-refractivity contribution in [2.75, 3.05) is 30.8 Å². The number of carbonyl (C=O) groups excluding carboxylic acids is 2. The Balaban J connectivity index is 1.38. The van der Waals surface area contributed by atoms with Crippen LogP contribution in [0.25, 0.3) is 21.1 Å². The fourth-order valence-corrected chi connectivity index (χ4v) is 6.55. The molecule has 5 rings (SSSR count). The minimum atomic E-state index is -1.23. The van der Waals surface area contributed by atoms with Crippen molar-refractivity contribution >= 4 is 63.8 Å². The van der Waals surface area contributed by atoms with Crippen LogP contribution < -0.4 is 10.6 Å². The van der Waals surface area contributed by atoms with Gasteiger partial charge in [0.2, 0.25) is 0 Å². The zero-order valence-corrected chi connectivity index (χ0v) is 25.5. The van der Waals surface area contributed by atoms with Gasteiger partial charge < -0.3 is 20.3 Å². The van der Waals surface area contributed by atoms with Crippen molar-refractivity contribution < 1.29 is 14.3 Å². The van der Waals surface area contributed by atoms with Gasteiger partial charge in [0.05, 0.1) is 50.8 Å². The summed E-state index contributed by atoms with van der Waals surface area (Å²) < 4.78 is 8.75. The van der Waals surface area contributed by atoms with Gasteiger partial charge in [-0.3, -0.25) is 9.59 Å². The lowest BCUT2D eigenvalue weighted by atomic mass is 9.89. The Labute approximate surface area is 239 Å². The molecule has 0 saturated carbocycles. The van der Waals surface area contributed by atoms with Gasteiger partial charge in [-0.15, -0.1) is 11.3 Å². The first-order chi connectivity index (χ1) is 19.1. The summed E-state index contributed by atoms with van der Waals surface area (Å²) in [7, 11) is 0.552. The molecule has 0 aliphatic carbocycles. The summed E-state index contributed by atoms with van der Waals surface area (Å²) >= 11 is 1.59. The van der Waals surface area contributed by atoms with E-state index in [9.17, 15) is 9.59 Å². The first kappa shape index (κ1) is 28.2. The largest absolute Gasteiger partial charge is 0.373 e. The first-order valence-corrected chi connectivity index (χ1v) is 18.3. The third-order valence-corrected chi connectivity index (χ3v) is 9.89. The van der Waals surface area contributed by atoms with Crippen molar-refractivity contribution in [3.63, 3.8) is 0 Å². The summed E-state index contributed by atoms with van der Waals surface area (Å²) in [4.78, 5) is 37.7. The fraction of sp³-hybridized carbons (Fsp3) is 0.464. The lowest BCUT2D eigenvalue weighted by Crippen LogP contribution is -2.46. The maximum atomic E-state index is 13.7. The molecule has 2 amide bonds. The number of fused-ring (bicyclic) bond motifs is 2. The minimum absolute atomic E-state index is 0.185. The Morgan fingerprint density at radius 1 is 1.18 bits per heavy atom. The summed E-state index contributed by atoms with van der Waals surface area (Å²) in [6, 6.07) is 6.98. The van der Waals surface area contributed by atoms with Gasteiger partial charge in [-0.25, -0.2) is 14.6 Å². The van der Waals surface area contributed by atoms with Crippen LogP contribution in [0, 0.1) is 5.92 Å². The number of hydrogen-bond donors (Lipinski definition) is 2. The van der Waals surface area contributed by atoms with E-state index in [1.807, 2.05) is 23.7 Å². The maximum absolute atomic E-state index is 13.7. The second kappa shape index (κ2) is 11.6. The highest BCUT2D eigenvalue weighted by Gasteiger charge is 2.35. The number of aromatic nitrogens is 4. The molecule has 40 heavy (non-hydrogen) atoms. The number of nitrogens with one attached hydrogen (secondary N) is 2. The predicted molar refractivity (Wildman–Crippen MR) is 162 cm³/mol. The molecule has 1 saturated heterocycles. The van der Waals surface area contributed by atoms with Gasteiger partial charge in [0.25, 0.3) is 0 Å². The minimum Gasteiger partial charge on any atom is -0.373 e. The molecule has 2 atom stereocenters. The van der Waals surface area contributed by atoms with E-state index in [1.165, 1.54) is 0 Å².